The standard InChI is InChI=1S/C24H23N5O2S/c1-24(2,3)23-25-14-19(32-23)22(31)27-26-21(30)18-15-29(17-12-8-5-9-13-17)28-20(18)16-10-6-4-7-11-16/h4-15H,1-3H3,(H,26,30)(H,27,31). The predicted octanol–water partition coefficient (Wildman–Crippen LogP) is 4.37. The highest BCUT2D eigenvalue weighted by atomic mass is 32.1. The lowest BCUT2D eigenvalue weighted by molar-refractivity contribution is 0.0849. The Labute approximate surface area is 190 Å². The number of thiazole rings is 1. The Kier molecular flexibility index (Phi) is 5.87. The molecule has 4 rings (SSSR count). The van der Waals surface area contributed by atoms with Crippen LogP contribution in [-0.4, -0.2) is 26.6 Å². The van der Waals surface area contributed by atoms with E-state index in [1.807, 2.05) is 81.4 Å². The second-order valence-corrected chi connectivity index (χ2v) is 9.26. The van der Waals surface area contributed by atoms with Gasteiger partial charge >= 0.3 is 0 Å². The number of carbonyl (C=O) groups is 2. The number of benzene rings is 2. The zero-order chi connectivity index (χ0) is 22.7. The van der Waals surface area contributed by atoms with Crippen LogP contribution >= 0.6 is 11.3 Å². The quantitative estimate of drug-likeness (QED) is 0.457. The van der Waals surface area contributed by atoms with E-state index in [4.69, 9.17) is 0 Å². The number of aromatic nitrogens is 3. The van der Waals surface area contributed by atoms with Crippen LogP contribution in [0.5, 0.6) is 0 Å². The summed E-state index contributed by atoms with van der Waals surface area (Å²) >= 11 is 1.31. The van der Waals surface area contributed by atoms with E-state index in [9.17, 15) is 9.59 Å². The molecule has 0 spiro atoms. The van der Waals surface area contributed by atoms with Gasteiger partial charge < -0.3 is 0 Å². The Balaban J connectivity index is 1.57. The van der Waals surface area contributed by atoms with Gasteiger partial charge in [0.15, 0.2) is 0 Å². The van der Waals surface area contributed by atoms with Crippen LogP contribution in [-0.2, 0) is 5.41 Å². The van der Waals surface area contributed by atoms with E-state index in [0.717, 1.165) is 16.3 Å². The maximum Gasteiger partial charge on any atom is 0.281 e. The largest absolute Gasteiger partial charge is 0.281 e. The minimum Gasteiger partial charge on any atom is -0.267 e. The minimum absolute atomic E-state index is 0.150. The van der Waals surface area contributed by atoms with Gasteiger partial charge in [-0.3, -0.25) is 20.4 Å². The number of nitrogens with one attached hydrogen (secondary N) is 2. The number of hydrogen-bond donors (Lipinski definition) is 2. The van der Waals surface area contributed by atoms with E-state index < -0.39 is 11.8 Å². The molecule has 2 amide bonds. The Bertz CT molecular complexity index is 1240. The molecule has 0 unspecified atom stereocenters. The summed E-state index contributed by atoms with van der Waals surface area (Å²) < 4.78 is 1.65. The Hall–Kier alpha value is -3.78. The smallest absolute Gasteiger partial charge is 0.267 e. The molecule has 0 fully saturated rings. The third kappa shape index (κ3) is 4.60. The summed E-state index contributed by atoms with van der Waals surface area (Å²) in [4.78, 5) is 30.3. The molecule has 4 aromatic rings. The maximum atomic E-state index is 13.0. The molecule has 0 aliphatic carbocycles. The van der Waals surface area contributed by atoms with Crippen LogP contribution in [0.1, 0.15) is 45.8 Å². The summed E-state index contributed by atoms with van der Waals surface area (Å²) in [6.45, 7) is 6.10. The lowest BCUT2D eigenvalue weighted by atomic mass is 9.98. The summed E-state index contributed by atoms with van der Waals surface area (Å²) in [5, 5.41) is 5.47. The molecule has 0 radical (unpaired) electrons. The lowest BCUT2D eigenvalue weighted by Crippen LogP contribution is -2.41. The van der Waals surface area contributed by atoms with Gasteiger partial charge in [-0.2, -0.15) is 5.10 Å². The van der Waals surface area contributed by atoms with Gasteiger partial charge in [-0.1, -0.05) is 69.3 Å². The average molecular weight is 446 g/mol. The highest BCUT2D eigenvalue weighted by Crippen LogP contribution is 2.27. The van der Waals surface area contributed by atoms with E-state index in [-0.39, 0.29) is 5.41 Å². The van der Waals surface area contributed by atoms with Gasteiger partial charge in [0.1, 0.15) is 10.6 Å². The molecule has 0 aliphatic heterocycles. The zero-order valence-electron chi connectivity index (χ0n) is 18.0. The Morgan fingerprint density at radius 3 is 2.16 bits per heavy atom. The Morgan fingerprint density at radius 2 is 1.53 bits per heavy atom. The molecule has 8 heteroatoms. The van der Waals surface area contributed by atoms with Crippen LogP contribution in [0.2, 0.25) is 0 Å². The first kappa shape index (κ1) is 21.5. The van der Waals surface area contributed by atoms with Crippen LogP contribution in [0.25, 0.3) is 16.9 Å². The highest BCUT2D eigenvalue weighted by molar-refractivity contribution is 7.13. The van der Waals surface area contributed by atoms with E-state index in [1.54, 1.807) is 10.9 Å². The molecule has 2 heterocycles. The number of nitrogens with zero attached hydrogens (tertiary/aromatic N) is 3. The van der Waals surface area contributed by atoms with Crippen LogP contribution in [0.4, 0.5) is 0 Å². The summed E-state index contributed by atoms with van der Waals surface area (Å²) in [7, 11) is 0. The molecule has 32 heavy (non-hydrogen) atoms. The predicted molar refractivity (Wildman–Crippen MR) is 125 cm³/mol. The Morgan fingerprint density at radius 1 is 0.906 bits per heavy atom. The molecule has 2 aromatic carbocycles. The molecule has 2 aromatic heterocycles. The van der Waals surface area contributed by atoms with Crippen molar-refractivity contribution in [2.75, 3.05) is 0 Å². The fourth-order valence-electron chi connectivity index (χ4n) is 3.03. The van der Waals surface area contributed by atoms with Crippen molar-refractivity contribution < 1.29 is 9.59 Å². The van der Waals surface area contributed by atoms with Gasteiger partial charge in [0, 0.05) is 17.2 Å². The topological polar surface area (TPSA) is 88.9 Å². The van der Waals surface area contributed by atoms with Gasteiger partial charge in [0.05, 0.1) is 22.5 Å². The molecular formula is C24H23N5O2S. The second kappa shape index (κ2) is 8.76. The minimum atomic E-state index is -0.458. The summed E-state index contributed by atoms with van der Waals surface area (Å²) in [6.07, 6.45) is 3.18. The van der Waals surface area contributed by atoms with Crippen molar-refractivity contribution in [3.05, 3.63) is 88.5 Å². The van der Waals surface area contributed by atoms with Crippen molar-refractivity contribution >= 4 is 23.2 Å². The second-order valence-electron chi connectivity index (χ2n) is 8.23. The highest BCUT2D eigenvalue weighted by Gasteiger charge is 2.22. The van der Waals surface area contributed by atoms with Gasteiger partial charge in [-0.05, 0) is 12.1 Å². The van der Waals surface area contributed by atoms with Crippen molar-refractivity contribution in [1.29, 1.82) is 0 Å². The van der Waals surface area contributed by atoms with Gasteiger partial charge in [-0.25, -0.2) is 9.67 Å². The van der Waals surface area contributed by atoms with Crippen molar-refractivity contribution in [1.82, 2.24) is 25.6 Å². The number of hydrogen-bond acceptors (Lipinski definition) is 5. The van der Waals surface area contributed by atoms with E-state index in [2.05, 4.69) is 20.9 Å². The maximum absolute atomic E-state index is 13.0. The molecule has 7 nitrogen and oxygen atoms in total. The number of amides is 2. The van der Waals surface area contributed by atoms with E-state index in [0.29, 0.717) is 16.1 Å². The van der Waals surface area contributed by atoms with Crippen molar-refractivity contribution in [3.63, 3.8) is 0 Å². The fourth-order valence-corrected chi connectivity index (χ4v) is 3.90. The number of rotatable bonds is 4. The molecular weight excluding hydrogens is 422 g/mol. The third-order valence-corrected chi connectivity index (χ3v) is 6.11. The third-order valence-electron chi connectivity index (χ3n) is 4.69. The lowest BCUT2D eigenvalue weighted by Gasteiger charge is -2.13. The van der Waals surface area contributed by atoms with E-state index in [1.165, 1.54) is 17.5 Å². The van der Waals surface area contributed by atoms with Crippen LogP contribution < -0.4 is 10.9 Å². The fraction of sp³-hybridized carbons (Fsp3) is 0.167. The van der Waals surface area contributed by atoms with E-state index >= 15 is 0 Å². The van der Waals surface area contributed by atoms with Crippen molar-refractivity contribution in [3.8, 4) is 16.9 Å². The first-order valence-corrected chi connectivity index (χ1v) is 10.9. The average Bonchev–Trinajstić information content (AvgIpc) is 3.46. The molecule has 2 N–H and O–H groups in total. The monoisotopic (exact) mass is 445 g/mol. The van der Waals surface area contributed by atoms with Crippen LogP contribution in [0.3, 0.4) is 0 Å². The summed E-state index contributed by atoms with van der Waals surface area (Å²) in [6, 6.07) is 19.0. The molecule has 0 atom stereocenters. The summed E-state index contributed by atoms with van der Waals surface area (Å²) in [5.74, 6) is -0.872. The number of hydrazine groups is 1. The molecule has 0 aliphatic rings. The zero-order valence-corrected chi connectivity index (χ0v) is 18.8. The molecule has 162 valence electrons. The van der Waals surface area contributed by atoms with Crippen molar-refractivity contribution in [2.24, 2.45) is 0 Å². The number of carbonyl (C=O) groups excluding carboxylic acids is 2. The van der Waals surface area contributed by atoms with Gasteiger partial charge in [0.2, 0.25) is 0 Å². The number of para-hydroxylation sites is 1. The van der Waals surface area contributed by atoms with Crippen LogP contribution in [0, 0.1) is 0 Å². The normalized spacial score (nSPS) is 11.2. The summed E-state index contributed by atoms with van der Waals surface area (Å²) in [5.41, 5.74) is 7.34. The SMILES string of the molecule is CC(C)(C)c1ncc(C(=O)NNC(=O)c2cn(-c3ccccc3)nc2-c2ccccc2)s1. The molecule has 0 saturated heterocycles. The molecule has 0 saturated carbocycles. The van der Waals surface area contributed by atoms with Gasteiger partial charge in [0.25, 0.3) is 11.8 Å². The first-order valence-electron chi connectivity index (χ1n) is 10.1. The molecule has 0 bridgehead atoms. The van der Waals surface area contributed by atoms with Crippen molar-refractivity contribution in [2.45, 2.75) is 26.2 Å². The first-order chi connectivity index (χ1) is 15.3. The van der Waals surface area contributed by atoms with Gasteiger partial charge in [-0.15, -0.1) is 11.3 Å². The van der Waals surface area contributed by atoms with Crippen LogP contribution in [0.15, 0.2) is 73.1 Å².